The molecule has 0 unspecified atom stereocenters. The monoisotopic (exact) mass is 359 g/mol. The number of hydrogen-bond acceptors (Lipinski definition) is 5. The summed E-state index contributed by atoms with van der Waals surface area (Å²) in [6.45, 7) is 0.329. The Morgan fingerprint density at radius 2 is 1.92 bits per heavy atom. The first-order valence-corrected chi connectivity index (χ1v) is 8.62. The smallest absolute Gasteiger partial charge is 0.307 e. The zero-order valence-corrected chi connectivity index (χ0v) is 14.1. The van der Waals surface area contributed by atoms with E-state index in [0.29, 0.717) is 30.1 Å². The number of carboxylic acids is 1. The van der Waals surface area contributed by atoms with Gasteiger partial charge >= 0.3 is 10.8 Å². The fraction of sp³-hybridized carbons (Fsp3) is 0.222. The molecule has 0 aliphatic carbocycles. The molecule has 0 fully saturated rings. The number of aromatic nitrogens is 1. The van der Waals surface area contributed by atoms with Gasteiger partial charge in [-0.1, -0.05) is 41.7 Å². The van der Waals surface area contributed by atoms with Crippen LogP contribution in [-0.4, -0.2) is 27.8 Å². The van der Waals surface area contributed by atoms with E-state index in [1.165, 1.54) is 0 Å². The van der Waals surface area contributed by atoms with Gasteiger partial charge in [-0.15, -0.1) is 0 Å². The highest BCUT2D eigenvalue weighted by molar-refractivity contribution is 7.09. The van der Waals surface area contributed by atoms with Gasteiger partial charge in [0.05, 0.1) is 11.5 Å². The minimum Gasteiger partial charge on any atom is -0.494 e. The van der Waals surface area contributed by atoms with Crippen LogP contribution in [-0.2, 0) is 11.2 Å². The summed E-state index contributed by atoms with van der Waals surface area (Å²) in [5.74, 6) is -0.238. The van der Waals surface area contributed by atoms with Gasteiger partial charge in [0, 0.05) is 18.2 Å². The number of fused-ring (bicyclic) bond motifs is 1. The minimum absolute atomic E-state index is 0.0711. The quantitative estimate of drug-likeness (QED) is 0.563. The van der Waals surface area contributed by atoms with E-state index in [1.54, 1.807) is 0 Å². The number of thiazole rings is 1. The maximum absolute atomic E-state index is 11.4. The van der Waals surface area contributed by atoms with Crippen molar-refractivity contribution in [3.63, 3.8) is 0 Å². The van der Waals surface area contributed by atoms with E-state index in [9.17, 15) is 14.7 Å². The number of carboxylic acid groups (broad SMARTS) is 1. The lowest BCUT2D eigenvalue weighted by molar-refractivity contribution is -0.137. The molecule has 3 aromatic rings. The molecule has 7 heteroatoms. The highest BCUT2D eigenvalue weighted by atomic mass is 32.1. The summed E-state index contributed by atoms with van der Waals surface area (Å²) in [5, 5.41) is 20.4. The average molecular weight is 359 g/mol. The Kier molecular flexibility index (Phi) is 5.04. The lowest BCUT2D eigenvalue weighted by atomic mass is 10.0. The summed E-state index contributed by atoms with van der Waals surface area (Å²) in [6.07, 6.45) is 0.952. The molecule has 0 aliphatic heterocycles. The van der Waals surface area contributed by atoms with Crippen LogP contribution < -0.4 is 9.61 Å². The lowest BCUT2D eigenvalue weighted by Crippen LogP contribution is -2.02. The summed E-state index contributed by atoms with van der Waals surface area (Å²) < 4.78 is 5.74. The van der Waals surface area contributed by atoms with Gasteiger partial charge in [0.15, 0.2) is 0 Å². The Labute approximate surface area is 147 Å². The third-order valence-corrected chi connectivity index (χ3v) is 4.69. The number of hydrogen-bond donors (Lipinski definition) is 3. The zero-order chi connectivity index (χ0) is 17.8. The van der Waals surface area contributed by atoms with E-state index in [0.717, 1.165) is 27.7 Å². The zero-order valence-electron chi connectivity index (χ0n) is 13.3. The van der Waals surface area contributed by atoms with E-state index in [2.05, 4.69) is 4.98 Å². The molecular weight excluding hydrogens is 342 g/mol. The van der Waals surface area contributed by atoms with Crippen LogP contribution in [0.5, 0.6) is 11.6 Å². The van der Waals surface area contributed by atoms with Gasteiger partial charge in [0.2, 0.25) is 5.88 Å². The van der Waals surface area contributed by atoms with Crippen LogP contribution in [0.1, 0.15) is 23.3 Å². The molecule has 0 saturated heterocycles. The van der Waals surface area contributed by atoms with Gasteiger partial charge < -0.3 is 14.9 Å². The van der Waals surface area contributed by atoms with Gasteiger partial charge in [-0.2, -0.15) is 0 Å². The summed E-state index contributed by atoms with van der Waals surface area (Å²) in [6, 6.07) is 11.5. The first-order chi connectivity index (χ1) is 12.0. The Hall–Kier alpha value is -2.80. The number of H-pyrrole nitrogens is 1. The Balaban J connectivity index is 1.86. The molecular formula is C18H17NO5S. The Morgan fingerprint density at radius 1 is 1.16 bits per heavy atom. The van der Waals surface area contributed by atoms with E-state index in [1.807, 2.05) is 36.4 Å². The van der Waals surface area contributed by atoms with Crippen molar-refractivity contribution < 1.29 is 19.7 Å². The molecule has 0 aliphatic rings. The number of rotatable bonds is 7. The third kappa shape index (κ3) is 4.00. The molecule has 1 aromatic heterocycles. The molecule has 0 saturated carbocycles. The van der Waals surface area contributed by atoms with Crippen molar-refractivity contribution in [1.29, 1.82) is 0 Å². The largest absolute Gasteiger partial charge is 0.494 e. The van der Waals surface area contributed by atoms with Gasteiger partial charge in [0.1, 0.15) is 5.75 Å². The first kappa shape index (κ1) is 17.0. The fourth-order valence-electron chi connectivity index (χ4n) is 2.66. The molecule has 0 atom stereocenters. The fourth-order valence-corrected chi connectivity index (χ4v) is 3.41. The molecule has 0 spiro atoms. The van der Waals surface area contributed by atoms with Crippen molar-refractivity contribution in [3.8, 4) is 11.6 Å². The molecule has 3 rings (SSSR count). The second-order valence-corrected chi connectivity index (χ2v) is 6.64. The molecule has 3 N–H and O–H groups in total. The van der Waals surface area contributed by atoms with Crippen molar-refractivity contribution in [2.45, 2.75) is 19.3 Å². The van der Waals surface area contributed by atoms with Crippen LogP contribution >= 0.6 is 11.3 Å². The maximum Gasteiger partial charge on any atom is 0.307 e. The van der Waals surface area contributed by atoms with Crippen molar-refractivity contribution in [3.05, 3.63) is 56.5 Å². The second kappa shape index (κ2) is 7.40. The minimum atomic E-state index is -0.839. The Morgan fingerprint density at radius 3 is 2.60 bits per heavy atom. The molecule has 0 amide bonds. The number of carbonyl (C=O) groups is 1. The van der Waals surface area contributed by atoms with Crippen LogP contribution in [0.2, 0.25) is 0 Å². The van der Waals surface area contributed by atoms with E-state index >= 15 is 0 Å². The topological polar surface area (TPSA) is 99.6 Å². The van der Waals surface area contributed by atoms with Crippen molar-refractivity contribution >= 4 is 28.1 Å². The second-order valence-electron chi connectivity index (χ2n) is 5.58. The number of nitrogens with one attached hydrogen (secondary N) is 1. The van der Waals surface area contributed by atoms with Crippen LogP contribution in [0.3, 0.4) is 0 Å². The SMILES string of the molecule is O=C(O)CCCOc1ccc(Cc2sc(=O)[nH]c2O)c2ccccc12. The van der Waals surface area contributed by atoms with Crippen molar-refractivity contribution in [2.75, 3.05) is 6.61 Å². The highest BCUT2D eigenvalue weighted by Crippen LogP contribution is 2.31. The number of aromatic hydroxyl groups is 1. The first-order valence-electron chi connectivity index (χ1n) is 7.81. The molecule has 0 bridgehead atoms. The lowest BCUT2D eigenvalue weighted by Gasteiger charge is -2.12. The number of ether oxygens (including phenoxy) is 1. The summed E-state index contributed by atoms with van der Waals surface area (Å²) in [7, 11) is 0. The average Bonchev–Trinajstić information content (AvgIpc) is 2.90. The van der Waals surface area contributed by atoms with Crippen LogP contribution in [0.4, 0.5) is 0 Å². The van der Waals surface area contributed by atoms with Crippen LogP contribution in [0, 0.1) is 0 Å². The highest BCUT2D eigenvalue weighted by Gasteiger charge is 2.12. The Bertz CT molecular complexity index is 959. The number of benzene rings is 2. The van der Waals surface area contributed by atoms with Crippen molar-refractivity contribution in [2.24, 2.45) is 0 Å². The predicted octanol–water partition coefficient (Wildman–Crippen LogP) is 3.13. The molecule has 25 heavy (non-hydrogen) atoms. The molecule has 130 valence electrons. The van der Waals surface area contributed by atoms with Crippen LogP contribution in [0.25, 0.3) is 10.8 Å². The van der Waals surface area contributed by atoms with Gasteiger partial charge in [-0.3, -0.25) is 14.6 Å². The molecule has 1 heterocycles. The maximum atomic E-state index is 11.4. The number of aromatic amines is 1. The number of aliphatic carboxylic acids is 1. The summed E-state index contributed by atoms with van der Waals surface area (Å²) >= 11 is 0.994. The van der Waals surface area contributed by atoms with E-state index in [-0.39, 0.29) is 17.2 Å². The summed E-state index contributed by atoms with van der Waals surface area (Å²) in [5.41, 5.74) is 0.971. The normalized spacial score (nSPS) is 10.9. The van der Waals surface area contributed by atoms with Crippen LogP contribution in [0.15, 0.2) is 41.2 Å². The third-order valence-electron chi connectivity index (χ3n) is 3.82. The predicted molar refractivity (Wildman–Crippen MR) is 95.7 cm³/mol. The molecule has 2 aromatic carbocycles. The van der Waals surface area contributed by atoms with E-state index < -0.39 is 5.97 Å². The van der Waals surface area contributed by atoms with Gasteiger partial charge in [-0.05, 0) is 23.4 Å². The van der Waals surface area contributed by atoms with Crippen molar-refractivity contribution in [1.82, 2.24) is 4.98 Å². The molecule has 0 radical (unpaired) electrons. The molecule has 6 nitrogen and oxygen atoms in total. The van der Waals surface area contributed by atoms with Gasteiger partial charge in [-0.25, -0.2) is 0 Å². The van der Waals surface area contributed by atoms with E-state index in [4.69, 9.17) is 9.84 Å². The summed E-state index contributed by atoms with van der Waals surface area (Å²) in [4.78, 5) is 24.6. The standard InChI is InChI=1S/C18H17NO5S/c20-16(21)6-3-9-24-14-8-7-11(12-4-1-2-5-13(12)14)10-15-17(22)19-18(23)25-15/h1-2,4-5,7-8,22H,3,6,9-10H2,(H,19,23)(H,20,21). The van der Waals surface area contributed by atoms with Gasteiger partial charge in [0.25, 0.3) is 0 Å².